The fourth-order valence-electron chi connectivity index (χ4n) is 0. The van der Waals surface area contributed by atoms with Gasteiger partial charge in [-0.15, -0.1) is 0 Å². The number of hydrogen-bond donors (Lipinski definition) is 6. The SMILES string of the molecule is C.C.C.C.C.C.C.C.O.O=O.O=O.O=PO.O=PO.O=PO.O=PO.O=PO.O=PO.O=[P+]=O.P.P. The van der Waals surface area contributed by atoms with Crippen LogP contribution in [-0.2, 0) is 36.5 Å². The van der Waals surface area contributed by atoms with Gasteiger partial charge in [-0.3, -0.25) is 0 Å². The van der Waals surface area contributed by atoms with E-state index in [1.165, 1.54) is 0 Å². The van der Waals surface area contributed by atoms with E-state index >= 15 is 0 Å². The Morgan fingerprint density at radius 2 is 0.361 bits per heavy atom. The van der Waals surface area contributed by atoms with Crippen LogP contribution in [0.25, 0.3) is 0 Å². The van der Waals surface area contributed by atoms with Gasteiger partial charge in [-0.25, -0.2) is 27.4 Å². The summed E-state index contributed by atoms with van der Waals surface area (Å²) in [4.78, 5) is 69.9. The van der Waals surface area contributed by atoms with Gasteiger partial charge in [0.2, 0.25) is 0 Å². The van der Waals surface area contributed by atoms with E-state index in [1.807, 2.05) is 0 Å². The fraction of sp³-hybridized carbons (Fsp3) is 1.00. The smallest absolute Gasteiger partial charge is 0.153 e. The molecule has 0 aromatic rings. The molecule has 0 heterocycles. The molecular weight excluding hydrogens is 679 g/mol. The molecule has 0 rings (SSSR count). The Morgan fingerprint density at radius 1 is 0.361 bits per heavy atom. The molecular formula is C8H46O19P9+. The van der Waals surface area contributed by atoms with Crippen molar-refractivity contribution in [2.24, 2.45) is 0 Å². The first-order valence-electron chi connectivity index (χ1n) is 2.99. The maximum Gasteiger partial charge on any atom is -0.153 e. The van der Waals surface area contributed by atoms with E-state index in [1.54, 1.807) is 0 Å². The molecule has 0 amide bonds. The Morgan fingerprint density at radius 3 is 0.361 bits per heavy atom. The molecule has 19 nitrogen and oxygen atoms in total. The second kappa shape index (κ2) is 764. The molecule has 0 aromatic heterocycles. The summed E-state index contributed by atoms with van der Waals surface area (Å²) in [5, 5.41) is 0. The second-order valence-corrected chi connectivity index (χ2v) is 1.69. The van der Waals surface area contributed by atoms with Crippen LogP contribution in [-0.4, -0.2) is 34.8 Å². The Kier molecular flexibility index (Phi) is 3600. The molecule has 0 bridgehead atoms. The van der Waals surface area contributed by atoms with Crippen molar-refractivity contribution in [3.05, 3.63) is 19.9 Å². The summed E-state index contributed by atoms with van der Waals surface area (Å²) < 4.78 is 67.4. The van der Waals surface area contributed by atoms with Gasteiger partial charge < -0.3 is 34.8 Å². The summed E-state index contributed by atoms with van der Waals surface area (Å²) in [6.45, 7) is 0. The van der Waals surface area contributed by atoms with Crippen molar-refractivity contribution < 1.29 is 71.4 Å². The van der Waals surface area contributed by atoms with Gasteiger partial charge in [-0.05, 0) is 0 Å². The summed E-state index contributed by atoms with van der Waals surface area (Å²) in [5.74, 6) is 0. The molecule has 0 spiro atoms. The predicted octanol–water partition coefficient (Wildman–Crippen LogP) is 6.25. The Hall–Kier alpha value is 0.410. The summed E-state index contributed by atoms with van der Waals surface area (Å²) >= 11 is 0. The molecule has 0 aliphatic heterocycles. The Labute approximate surface area is 231 Å². The van der Waals surface area contributed by atoms with Gasteiger partial charge in [-0.2, -0.15) is 19.8 Å². The number of rotatable bonds is 0. The second-order valence-electron chi connectivity index (χ2n) is 0.564. The van der Waals surface area contributed by atoms with Crippen molar-refractivity contribution in [1.82, 2.24) is 0 Å². The van der Waals surface area contributed by atoms with Crippen LogP contribution in [0, 0.1) is 19.9 Å². The van der Waals surface area contributed by atoms with Crippen LogP contribution in [0.4, 0.5) is 0 Å². The normalized spacial score (nSPS) is 3.94. The van der Waals surface area contributed by atoms with Gasteiger partial charge in [0.15, 0.2) is 0 Å². The molecule has 0 saturated carbocycles. The zero-order chi connectivity index (χ0) is 22.9. The van der Waals surface area contributed by atoms with Gasteiger partial charge in [-0.1, -0.05) is 59.4 Å². The minimum Gasteiger partial charge on any atom is -0.153 e. The molecule has 28 heteroatoms. The van der Waals surface area contributed by atoms with Gasteiger partial charge in [0.1, 0.15) is 0 Å². The maximum absolute atomic E-state index is 8.46. The number of hydrogen-bond acceptors (Lipinski definition) is 12. The van der Waals surface area contributed by atoms with Gasteiger partial charge in [0, 0.05) is 19.9 Å². The third kappa shape index (κ3) is 228000. The monoisotopic (exact) mass is 725 g/mol. The summed E-state index contributed by atoms with van der Waals surface area (Å²) in [6, 6.07) is 0. The maximum atomic E-state index is 8.46. The first-order valence-corrected chi connectivity index (χ1v) is 8.32. The zero-order valence-corrected chi connectivity index (χ0v) is 21.7. The van der Waals surface area contributed by atoms with E-state index in [-0.39, 0.29) is 84.7 Å². The van der Waals surface area contributed by atoms with Crippen LogP contribution < -0.4 is 0 Å². The molecule has 0 aliphatic rings. The summed E-state index contributed by atoms with van der Waals surface area (Å²) in [5.41, 5.74) is 0. The molecule has 0 saturated heterocycles. The van der Waals surface area contributed by atoms with Crippen LogP contribution in [0.3, 0.4) is 0 Å². The average Bonchev–Trinajstić information content (AvgIpc) is 2.56. The third-order valence-electron chi connectivity index (χ3n) is 0. The van der Waals surface area contributed by atoms with E-state index in [2.05, 4.69) is 0 Å². The van der Waals surface area contributed by atoms with E-state index in [4.69, 9.17) is 85.7 Å². The minimum atomic E-state index is -1.08. The molecule has 0 fully saturated rings. The van der Waals surface area contributed by atoms with E-state index < -0.39 is 60.5 Å². The summed E-state index contributed by atoms with van der Waals surface area (Å²) in [7, 11) is -6.08. The quantitative estimate of drug-likeness (QED) is 0.150. The molecule has 0 aliphatic carbocycles. The van der Waals surface area contributed by atoms with Crippen molar-refractivity contribution in [2.75, 3.05) is 0 Å². The molecule has 236 valence electrons. The van der Waals surface area contributed by atoms with Crippen molar-refractivity contribution >= 4 is 80.3 Å². The largest absolute Gasteiger partial charge is 0.153 e. The van der Waals surface area contributed by atoms with Crippen LogP contribution >= 0.6 is 80.3 Å². The van der Waals surface area contributed by atoms with E-state index in [0.29, 0.717) is 0 Å². The zero-order valence-electron chi connectivity index (χ0n) is 12.6. The third-order valence-corrected chi connectivity index (χ3v) is 0. The van der Waals surface area contributed by atoms with Crippen molar-refractivity contribution in [1.29, 1.82) is 0 Å². The molecule has 36 heavy (non-hydrogen) atoms. The first-order chi connectivity index (χ1) is 11.9. The minimum absolute atomic E-state index is 0. The van der Waals surface area contributed by atoms with Crippen LogP contribution in [0.5, 0.6) is 0 Å². The van der Waals surface area contributed by atoms with E-state index in [0.717, 1.165) is 0 Å². The van der Waals surface area contributed by atoms with Crippen molar-refractivity contribution in [2.45, 2.75) is 59.4 Å². The Bertz CT molecular complexity index is 227. The molecule has 8 N–H and O–H groups in total. The van der Waals surface area contributed by atoms with Gasteiger partial charge >= 0.3 is 69.6 Å². The van der Waals surface area contributed by atoms with Crippen LogP contribution in [0.1, 0.15) is 59.4 Å². The van der Waals surface area contributed by atoms with Crippen molar-refractivity contribution in [3.63, 3.8) is 0 Å². The standard InChI is InChI=1S/8CH4.6HO2P.O2P.2O2.H2O.2H3P/c;;;;;;;;7*1-3-2;2*1-2;;;/h8*1H4;6*(H,1,2);;;;1H2;2*1H3/q;;;;;;;;;;;;;;+1;;;;;. The van der Waals surface area contributed by atoms with E-state index in [9.17, 15) is 0 Å². The topological polar surface area (TPSA) is 358 Å². The first kappa shape index (κ1) is 170. The van der Waals surface area contributed by atoms with Crippen LogP contribution in [0.2, 0.25) is 0 Å². The van der Waals surface area contributed by atoms with Crippen molar-refractivity contribution in [3.8, 4) is 0 Å². The van der Waals surface area contributed by atoms with Gasteiger partial charge in [0.05, 0.1) is 0 Å². The van der Waals surface area contributed by atoms with Gasteiger partial charge in [0.25, 0.3) is 0 Å². The summed E-state index contributed by atoms with van der Waals surface area (Å²) in [6.07, 6.45) is 0. The predicted molar refractivity (Wildman–Crippen MR) is 160 cm³/mol. The Balaban J connectivity index is -0.00000000429. The fourth-order valence-corrected chi connectivity index (χ4v) is 0. The molecule has 2 unspecified atom stereocenters. The van der Waals surface area contributed by atoms with Crippen LogP contribution in [0.15, 0.2) is 0 Å². The molecule has 0 aromatic carbocycles. The molecule has 2 atom stereocenters. The average molecular weight is 725 g/mol. The molecule has 0 radical (unpaired) electrons.